The largest absolute Gasteiger partial charge is 0.460 e. The van der Waals surface area contributed by atoms with Crippen molar-refractivity contribution < 1.29 is 23.2 Å². The molecule has 0 aliphatic carbocycles. The van der Waals surface area contributed by atoms with Crippen molar-refractivity contribution in [1.29, 1.82) is 5.26 Å². The molecule has 3 rings (SSSR count). The molecule has 0 bridgehead atoms. The minimum Gasteiger partial charge on any atom is -0.460 e. The third kappa shape index (κ3) is 6.14. The predicted octanol–water partition coefficient (Wildman–Crippen LogP) is 3.22. The van der Waals surface area contributed by atoms with E-state index in [4.69, 9.17) is 4.42 Å². The number of carbonyl (C=O) groups excluding carboxylic acids is 3. The summed E-state index contributed by atoms with van der Waals surface area (Å²) in [6.45, 7) is -0.0709. The van der Waals surface area contributed by atoms with Crippen molar-refractivity contribution in [2.45, 2.75) is 6.54 Å². The average molecular weight is 432 g/mol. The SMILES string of the molecule is N#C/C(=C/c1ccc(CNC(=O)C(=O)Nc2ccccc2)o1)C(=O)Nc1ccc(F)cc1. The Labute approximate surface area is 182 Å². The Morgan fingerprint density at radius 2 is 1.53 bits per heavy atom. The van der Waals surface area contributed by atoms with Gasteiger partial charge in [0.2, 0.25) is 0 Å². The molecular weight excluding hydrogens is 415 g/mol. The highest BCUT2D eigenvalue weighted by molar-refractivity contribution is 6.39. The number of hydrogen-bond acceptors (Lipinski definition) is 5. The maximum atomic E-state index is 13.0. The molecule has 0 atom stereocenters. The second-order valence-corrected chi connectivity index (χ2v) is 6.44. The molecule has 0 saturated carbocycles. The quantitative estimate of drug-likeness (QED) is 0.313. The molecule has 32 heavy (non-hydrogen) atoms. The van der Waals surface area contributed by atoms with Crippen LogP contribution in [0.2, 0.25) is 0 Å². The molecule has 3 amide bonds. The number of furan rings is 1. The summed E-state index contributed by atoms with van der Waals surface area (Å²) in [6, 6.07) is 18.4. The molecule has 3 N–H and O–H groups in total. The third-order valence-electron chi connectivity index (χ3n) is 4.10. The van der Waals surface area contributed by atoms with Gasteiger partial charge >= 0.3 is 11.8 Å². The Kier molecular flexibility index (Phi) is 7.12. The van der Waals surface area contributed by atoms with Gasteiger partial charge in [-0.05, 0) is 48.5 Å². The van der Waals surface area contributed by atoms with Crippen molar-refractivity contribution in [2.24, 2.45) is 0 Å². The Hall–Kier alpha value is -4.71. The number of halogens is 1. The van der Waals surface area contributed by atoms with E-state index >= 15 is 0 Å². The summed E-state index contributed by atoms with van der Waals surface area (Å²) in [4.78, 5) is 36.1. The lowest BCUT2D eigenvalue weighted by molar-refractivity contribution is -0.136. The van der Waals surface area contributed by atoms with Crippen LogP contribution in [0.15, 0.2) is 76.7 Å². The Morgan fingerprint density at radius 3 is 2.22 bits per heavy atom. The molecule has 3 aromatic rings. The maximum absolute atomic E-state index is 13.0. The van der Waals surface area contributed by atoms with Crippen LogP contribution in [0.1, 0.15) is 11.5 Å². The summed E-state index contributed by atoms with van der Waals surface area (Å²) in [5, 5.41) is 16.6. The molecule has 2 aromatic carbocycles. The van der Waals surface area contributed by atoms with Gasteiger partial charge in [0.25, 0.3) is 5.91 Å². The van der Waals surface area contributed by atoms with Crippen molar-refractivity contribution in [2.75, 3.05) is 10.6 Å². The van der Waals surface area contributed by atoms with Crippen LogP contribution >= 0.6 is 0 Å². The van der Waals surface area contributed by atoms with Gasteiger partial charge in [-0.25, -0.2) is 4.39 Å². The number of anilines is 2. The van der Waals surface area contributed by atoms with Crippen LogP contribution in [0.3, 0.4) is 0 Å². The Morgan fingerprint density at radius 1 is 0.875 bits per heavy atom. The van der Waals surface area contributed by atoms with E-state index in [1.165, 1.54) is 42.5 Å². The monoisotopic (exact) mass is 432 g/mol. The molecule has 160 valence electrons. The summed E-state index contributed by atoms with van der Waals surface area (Å²) >= 11 is 0. The highest BCUT2D eigenvalue weighted by Gasteiger charge is 2.15. The summed E-state index contributed by atoms with van der Waals surface area (Å²) in [5.74, 6) is -2.30. The van der Waals surface area contributed by atoms with Crippen LogP contribution in [0.5, 0.6) is 0 Å². The first-order valence-corrected chi connectivity index (χ1v) is 9.36. The molecular formula is C23H17FN4O4. The zero-order chi connectivity index (χ0) is 22.9. The van der Waals surface area contributed by atoms with E-state index in [2.05, 4.69) is 16.0 Å². The van der Waals surface area contributed by atoms with E-state index < -0.39 is 23.5 Å². The van der Waals surface area contributed by atoms with Gasteiger partial charge in [0.15, 0.2) is 0 Å². The van der Waals surface area contributed by atoms with Gasteiger partial charge in [0.1, 0.15) is 29.0 Å². The number of nitrogens with one attached hydrogen (secondary N) is 3. The van der Waals surface area contributed by atoms with E-state index in [-0.39, 0.29) is 17.9 Å². The second-order valence-electron chi connectivity index (χ2n) is 6.44. The first-order valence-electron chi connectivity index (χ1n) is 9.36. The van der Waals surface area contributed by atoms with Crippen molar-refractivity contribution in [1.82, 2.24) is 5.32 Å². The fraction of sp³-hybridized carbons (Fsp3) is 0.0435. The minimum atomic E-state index is -0.848. The Bertz CT molecular complexity index is 1190. The minimum absolute atomic E-state index is 0.0709. The fourth-order valence-corrected chi connectivity index (χ4v) is 2.55. The summed E-state index contributed by atoms with van der Waals surface area (Å²) in [5.41, 5.74) is 0.580. The fourth-order valence-electron chi connectivity index (χ4n) is 2.55. The maximum Gasteiger partial charge on any atom is 0.313 e. The zero-order valence-corrected chi connectivity index (χ0v) is 16.6. The molecule has 0 spiro atoms. The van der Waals surface area contributed by atoms with Crippen LogP contribution in [0, 0.1) is 17.1 Å². The van der Waals surface area contributed by atoms with E-state index in [0.29, 0.717) is 17.1 Å². The van der Waals surface area contributed by atoms with Gasteiger partial charge in [-0.1, -0.05) is 18.2 Å². The van der Waals surface area contributed by atoms with Crippen molar-refractivity contribution in [3.8, 4) is 6.07 Å². The van der Waals surface area contributed by atoms with Gasteiger partial charge < -0.3 is 20.4 Å². The molecule has 1 heterocycles. The number of para-hydroxylation sites is 1. The van der Waals surface area contributed by atoms with Crippen LogP contribution in [-0.4, -0.2) is 17.7 Å². The summed E-state index contributed by atoms with van der Waals surface area (Å²) in [7, 11) is 0. The van der Waals surface area contributed by atoms with Crippen LogP contribution in [-0.2, 0) is 20.9 Å². The number of benzene rings is 2. The highest BCUT2D eigenvalue weighted by atomic mass is 19.1. The molecule has 0 aliphatic heterocycles. The normalized spacial score (nSPS) is 10.7. The van der Waals surface area contributed by atoms with E-state index in [9.17, 15) is 24.0 Å². The van der Waals surface area contributed by atoms with Crippen molar-refractivity contribution in [3.63, 3.8) is 0 Å². The molecule has 8 nitrogen and oxygen atoms in total. The standard InChI is InChI=1S/C23H17FN4O4/c24-16-6-8-18(9-7-16)27-21(29)15(13-25)12-19-10-11-20(32-19)14-26-22(30)23(31)28-17-4-2-1-3-5-17/h1-12H,14H2,(H,26,30)(H,27,29)(H,28,31)/b15-12-. The molecule has 0 unspecified atom stereocenters. The van der Waals surface area contributed by atoms with Crippen molar-refractivity contribution in [3.05, 3.63) is 89.6 Å². The van der Waals surface area contributed by atoms with Gasteiger partial charge in [0.05, 0.1) is 6.54 Å². The molecule has 0 radical (unpaired) electrons. The topological polar surface area (TPSA) is 124 Å². The number of carbonyl (C=O) groups is 3. The molecule has 0 saturated heterocycles. The number of rotatable bonds is 6. The van der Waals surface area contributed by atoms with E-state index in [1.54, 1.807) is 36.4 Å². The van der Waals surface area contributed by atoms with Crippen molar-refractivity contribution >= 4 is 35.2 Å². The van der Waals surface area contributed by atoms with Gasteiger partial charge in [-0.3, -0.25) is 14.4 Å². The smallest absolute Gasteiger partial charge is 0.313 e. The molecule has 0 fully saturated rings. The average Bonchev–Trinajstić information content (AvgIpc) is 3.25. The van der Waals surface area contributed by atoms with E-state index in [1.807, 2.05) is 0 Å². The number of nitriles is 1. The first-order chi connectivity index (χ1) is 15.4. The highest BCUT2D eigenvalue weighted by Crippen LogP contribution is 2.14. The third-order valence-corrected chi connectivity index (χ3v) is 4.10. The lowest BCUT2D eigenvalue weighted by Gasteiger charge is -2.05. The number of amides is 3. The molecule has 9 heteroatoms. The number of nitrogens with zero attached hydrogens (tertiary/aromatic N) is 1. The molecule has 1 aromatic heterocycles. The van der Waals surface area contributed by atoms with Gasteiger partial charge in [0, 0.05) is 17.5 Å². The zero-order valence-electron chi connectivity index (χ0n) is 16.6. The number of hydrogen-bond donors (Lipinski definition) is 3. The first kappa shape index (κ1) is 22.0. The Balaban J connectivity index is 1.56. The van der Waals surface area contributed by atoms with Gasteiger partial charge in [-0.2, -0.15) is 5.26 Å². The van der Waals surface area contributed by atoms with E-state index in [0.717, 1.165) is 0 Å². The summed E-state index contributed by atoms with van der Waals surface area (Å²) in [6.07, 6.45) is 1.23. The predicted molar refractivity (Wildman–Crippen MR) is 114 cm³/mol. The van der Waals surface area contributed by atoms with Crippen LogP contribution < -0.4 is 16.0 Å². The lowest BCUT2D eigenvalue weighted by atomic mass is 10.2. The molecule has 0 aliphatic rings. The summed E-state index contributed by atoms with van der Waals surface area (Å²) < 4.78 is 18.4. The lowest BCUT2D eigenvalue weighted by Crippen LogP contribution is -2.34. The van der Waals surface area contributed by atoms with Gasteiger partial charge in [-0.15, -0.1) is 0 Å². The van der Waals surface area contributed by atoms with Crippen LogP contribution in [0.4, 0.5) is 15.8 Å². The van der Waals surface area contributed by atoms with Crippen LogP contribution in [0.25, 0.3) is 6.08 Å². The second kappa shape index (κ2) is 10.4.